The van der Waals surface area contributed by atoms with E-state index in [1.165, 1.54) is 12.1 Å². The minimum absolute atomic E-state index is 0.286. The first-order valence-corrected chi connectivity index (χ1v) is 10.6. The lowest BCUT2D eigenvalue weighted by Gasteiger charge is -2.12. The van der Waals surface area contributed by atoms with Gasteiger partial charge in [0.2, 0.25) is 5.95 Å². The molecule has 1 heterocycles. The van der Waals surface area contributed by atoms with E-state index in [0.29, 0.717) is 22.3 Å². The molecule has 0 aliphatic heterocycles. The topological polar surface area (TPSA) is 81.1 Å². The van der Waals surface area contributed by atoms with E-state index in [2.05, 4.69) is 24.1 Å². The Labute approximate surface area is 154 Å². The van der Waals surface area contributed by atoms with Crippen molar-refractivity contribution in [3.8, 4) is 0 Å². The zero-order chi connectivity index (χ0) is 18.7. The number of hydrogen-bond donors (Lipinski definition) is 1. The molecule has 3 rings (SSSR count). The molecule has 1 amide bonds. The molecule has 1 aromatic carbocycles. The highest BCUT2D eigenvalue weighted by atomic mass is 32.2. The van der Waals surface area contributed by atoms with Crippen molar-refractivity contribution in [3.63, 3.8) is 0 Å². The van der Waals surface area contributed by atoms with E-state index in [9.17, 15) is 13.2 Å². The molecule has 1 aromatic heterocycles. The van der Waals surface area contributed by atoms with Crippen LogP contribution in [0.1, 0.15) is 49.9 Å². The number of benzene rings is 1. The minimum Gasteiger partial charge on any atom is -0.317 e. The zero-order valence-corrected chi connectivity index (χ0v) is 16.0. The fourth-order valence-corrected chi connectivity index (χ4v) is 5.19. The van der Waals surface area contributed by atoms with E-state index in [0.717, 1.165) is 32.2 Å². The van der Waals surface area contributed by atoms with E-state index in [4.69, 9.17) is 0 Å². The van der Waals surface area contributed by atoms with Gasteiger partial charge in [-0.25, -0.2) is 13.4 Å². The number of nitrogens with zero attached hydrogens (tertiary/aromatic N) is 2. The molecular formula is C19H25N3O3S. The molecule has 0 atom stereocenters. The normalized spacial score (nSPS) is 15.5. The lowest BCUT2D eigenvalue weighted by atomic mass is 10.2. The van der Waals surface area contributed by atoms with Crippen molar-refractivity contribution in [2.45, 2.75) is 56.2 Å². The van der Waals surface area contributed by atoms with Gasteiger partial charge in [0, 0.05) is 24.5 Å². The lowest BCUT2D eigenvalue weighted by Crippen LogP contribution is -2.19. The lowest BCUT2D eigenvalue weighted by molar-refractivity contribution is 0.102. The molecule has 1 N–H and O–H groups in total. The molecule has 0 spiro atoms. The van der Waals surface area contributed by atoms with E-state index >= 15 is 0 Å². The molecule has 2 aromatic rings. The summed E-state index contributed by atoms with van der Waals surface area (Å²) in [6, 6.07) is 6.19. The Kier molecular flexibility index (Phi) is 5.46. The molecule has 1 saturated carbocycles. The number of carbonyl (C=O) groups excluding carboxylic acids is 1. The van der Waals surface area contributed by atoms with Crippen molar-refractivity contribution >= 4 is 21.7 Å². The largest absolute Gasteiger partial charge is 0.317 e. The fraction of sp³-hybridized carbons (Fsp3) is 0.474. The third-order valence-corrected chi connectivity index (χ3v) is 6.97. The molecule has 0 radical (unpaired) electrons. The van der Waals surface area contributed by atoms with Crippen LogP contribution in [0.2, 0.25) is 0 Å². The van der Waals surface area contributed by atoms with E-state index in [1.54, 1.807) is 18.3 Å². The molecule has 0 saturated heterocycles. The summed E-state index contributed by atoms with van der Waals surface area (Å²) in [4.78, 5) is 16.9. The minimum atomic E-state index is -3.30. The van der Waals surface area contributed by atoms with Gasteiger partial charge in [-0.1, -0.05) is 26.7 Å². The number of rotatable bonds is 6. The van der Waals surface area contributed by atoms with Crippen LogP contribution in [0.4, 0.5) is 5.95 Å². The van der Waals surface area contributed by atoms with Crippen LogP contribution in [0.25, 0.3) is 0 Å². The Bertz CT molecular complexity index is 864. The van der Waals surface area contributed by atoms with Crippen LogP contribution in [0.3, 0.4) is 0 Å². The maximum atomic E-state index is 12.6. The van der Waals surface area contributed by atoms with Crippen molar-refractivity contribution in [2.75, 3.05) is 5.32 Å². The number of amides is 1. The van der Waals surface area contributed by atoms with Crippen LogP contribution in [0.15, 0.2) is 41.6 Å². The van der Waals surface area contributed by atoms with Crippen molar-refractivity contribution in [3.05, 3.63) is 42.2 Å². The molecule has 0 bridgehead atoms. The Balaban J connectivity index is 1.72. The third-order valence-electron chi connectivity index (χ3n) is 4.69. The van der Waals surface area contributed by atoms with E-state index in [1.807, 2.05) is 10.8 Å². The molecule has 140 valence electrons. The van der Waals surface area contributed by atoms with Gasteiger partial charge in [0.25, 0.3) is 5.91 Å². The molecule has 6 nitrogen and oxygen atoms in total. The molecule has 1 aliphatic rings. The van der Waals surface area contributed by atoms with Crippen LogP contribution in [0, 0.1) is 5.92 Å². The predicted molar refractivity (Wildman–Crippen MR) is 101 cm³/mol. The number of sulfone groups is 1. The van der Waals surface area contributed by atoms with Crippen molar-refractivity contribution in [1.82, 2.24) is 9.55 Å². The summed E-state index contributed by atoms with van der Waals surface area (Å²) in [5, 5.41) is 2.50. The molecule has 1 aliphatic carbocycles. The Morgan fingerprint density at radius 1 is 1.23 bits per heavy atom. The number of carbonyl (C=O) groups is 1. The van der Waals surface area contributed by atoms with Crippen LogP contribution in [0.5, 0.6) is 0 Å². The number of hydrogen-bond acceptors (Lipinski definition) is 4. The van der Waals surface area contributed by atoms with Gasteiger partial charge in [0.15, 0.2) is 9.84 Å². The number of imidazole rings is 1. The summed E-state index contributed by atoms with van der Waals surface area (Å²) in [6.45, 7) is 4.94. The third kappa shape index (κ3) is 3.98. The van der Waals surface area contributed by atoms with E-state index in [-0.39, 0.29) is 11.2 Å². The predicted octanol–water partition coefficient (Wildman–Crippen LogP) is 3.51. The second kappa shape index (κ2) is 7.61. The first kappa shape index (κ1) is 18.6. The first-order valence-electron chi connectivity index (χ1n) is 9.04. The van der Waals surface area contributed by atoms with E-state index < -0.39 is 9.84 Å². The standard InChI is InChI=1S/C19H25N3O3S/c1-14(2)13-22-12-11-20-19(22)21-18(23)15-7-9-17(10-8-15)26(24,25)16-5-3-4-6-16/h7-12,14,16H,3-6,13H2,1-2H3,(H,20,21,23). The summed E-state index contributed by atoms with van der Waals surface area (Å²) >= 11 is 0. The van der Waals surface area contributed by atoms with Crippen LogP contribution in [-0.2, 0) is 16.4 Å². The SMILES string of the molecule is CC(C)Cn1ccnc1NC(=O)c1ccc(S(=O)(=O)C2CCCC2)cc1. The average molecular weight is 375 g/mol. The first-order chi connectivity index (χ1) is 12.4. The average Bonchev–Trinajstić information content (AvgIpc) is 3.27. The van der Waals surface area contributed by atoms with Gasteiger partial charge in [0.1, 0.15) is 0 Å². The van der Waals surface area contributed by atoms with Gasteiger partial charge >= 0.3 is 0 Å². The van der Waals surface area contributed by atoms with Crippen LogP contribution < -0.4 is 5.32 Å². The Morgan fingerprint density at radius 3 is 2.50 bits per heavy atom. The number of nitrogens with one attached hydrogen (secondary N) is 1. The molecule has 26 heavy (non-hydrogen) atoms. The summed E-state index contributed by atoms with van der Waals surface area (Å²) in [5.41, 5.74) is 0.412. The summed E-state index contributed by atoms with van der Waals surface area (Å²) in [5.74, 6) is 0.623. The van der Waals surface area contributed by atoms with Gasteiger partial charge < -0.3 is 4.57 Å². The molecular weight excluding hydrogens is 350 g/mol. The Morgan fingerprint density at radius 2 is 1.88 bits per heavy atom. The molecule has 0 unspecified atom stereocenters. The Hall–Kier alpha value is -2.15. The van der Waals surface area contributed by atoms with Crippen molar-refractivity contribution < 1.29 is 13.2 Å². The molecule has 1 fully saturated rings. The highest BCUT2D eigenvalue weighted by Crippen LogP contribution is 2.29. The fourth-order valence-electron chi connectivity index (χ4n) is 3.33. The second-order valence-electron chi connectivity index (χ2n) is 7.23. The van der Waals surface area contributed by atoms with Gasteiger partial charge in [-0.15, -0.1) is 0 Å². The van der Waals surface area contributed by atoms with Gasteiger partial charge in [-0.2, -0.15) is 0 Å². The number of aromatic nitrogens is 2. The van der Waals surface area contributed by atoms with Crippen LogP contribution in [-0.4, -0.2) is 29.1 Å². The van der Waals surface area contributed by atoms with Crippen molar-refractivity contribution in [1.29, 1.82) is 0 Å². The van der Waals surface area contributed by atoms with Gasteiger partial charge in [0.05, 0.1) is 10.1 Å². The zero-order valence-electron chi connectivity index (χ0n) is 15.2. The monoisotopic (exact) mass is 375 g/mol. The summed E-state index contributed by atoms with van der Waals surface area (Å²) in [6.07, 6.45) is 6.86. The molecule has 7 heteroatoms. The van der Waals surface area contributed by atoms with Crippen molar-refractivity contribution in [2.24, 2.45) is 5.92 Å². The van der Waals surface area contributed by atoms with Gasteiger partial charge in [-0.3, -0.25) is 10.1 Å². The highest BCUT2D eigenvalue weighted by molar-refractivity contribution is 7.92. The van der Waals surface area contributed by atoms with Gasteiger partial charge in [-0.05, 0) is 43.0 Å². The summed E-state index contributed by atoms with van der Waals surface area (Å²) in [7, 11) is -3.30. The maximum Gasteiger partial charge on any atom is 0.257 e. The maximum absolute atomic E-state index is 12.6. The summed E-state index contributed by atoms with van der Waals surface area (Å²) < 4.78 is 27.1. The number of anilines is 1. The smallest absolute Gasteiger partial charge is 0.257 e. The van der Waals surface area contributed by atoms with Crippen LogP contribution >= 0.6 is 0 Å². The second-order valence-corrected chi connectivity index (χ2v) is 9.46. The quantitative estimate of drug-likeness (QED) is 0.838. The highest BCUT2D eigenvalue weighted by Gasteiger charge is 2.30.